The highest BCUT2D eigenvalue weighted by Crippen LogP contribution is 2.57. The first-order valence-corrected chi connectivity index (χ1v) is 13.4. The second kappa shape index (κ2) is 9.97. The molecular weight excluding hydrogens is 438 g/mol. The van der Waals surface area contributed by atoms with Crippen molar-refractivity contribution in [2.75, 3.05) is 17.6 Å². The maximum atomic E-state index is 12.8. The molecule has 32 heavy (non-hydrogen) atoms. The van der Waals surface area contributed by atoms with Crippen molar-refractivity contribution < 1.29 is 4.79 Å². The number of aryl methyl sites for hydroxylation is 1. The Kier molecular flexibility index (Phi) is 7.46. The van der Waals surface area contributed by atoms with Crippen LogP contribution in [-0.2, 0) is 11.2 Å². The van der Waals surface area contributed by atoms with Gasteiger partial charge >= 0.3 is 0 Å². The van der Waals surface area contributed by atoms with Crippen LogP contribution >= 0.6 is 24.2 Å². The van der Waals surface area contributed by atoms with Gasteiger partial charge in [-0.05, 0) is 86.8 Å². The van der Waals surface area contributed by atoms with Crippen LogP contribution in [0.2, 0.25) is 0 Å². The molecule has 4 bridgehead atoms. The molecule has 1 heterocycles. The number of thioether (sulfide) groups is 1. The van der Waals surface area contributed by atoms with Crippen LogP contribution in [0.1, 0.15) is 70.8 Å². The van der Waals surface area contributed by atoms with Gasteiger partial charge in [0.2, 0.25) is 5.91 Å². The molecule has 1 atom stereocenters. The van der Waals surface area contributed by atoms with Gasteiger partial charge in [-0.3, -0.25) is 9.79 Å². The molecule has 0 spiro atoms. The minimum absolute atomic E-state index is 0. The number of hydrogen-bond acceptors (Lipinski definition) is 3. The van der Waals surface area contributed by atoms with E-state index in [-0.39, 0.29) is 29.9 Å². The quantitative estimate of drug-likeness (QED) is 0.514. The first-order valence-electron chi connectivity index (χ1n) is 12.4. The molecule has 5 fully saturated rings. The lowest BCUT2D eigenvalue weighted by Crippen LogP contribution is -2.50. The van der Waals surface area contributed by atoms with Crippen molar-refractivity contribution in [3.05, 3.63) is 29.8 Å². The summed E-state index contributed by atoms with van der Waals surface area (Å²) in [6.45, 7) is 5.38. The smallest absolute Gasteiger partial charge is 0.226 e. The van der Waals surface area contributed by atoms with Crippen molar-refractivity contribution >= 4 is 40.9 Å². The van der Waals surface area contributed by atoms with E-state index in [1.165, 1.54) is 49.3 Å². The van der Waals surface area contributed by atoms with Crippen LogP contribution in [0.15, 0.2) is 29.3 Å². The van der Waals surface area contributed by atoms with Gasteiger partial charge in [0.1, 0.15) is 0 Å². The van der Waals surface area contributed by atoms with Gasteiger partial charge in [-0.1, -0.05) is 37.7 Å². The van der Waals surface area contributed by atoms with Crippen LogP contribution in [0, 0.1) is 17.8 Å². The van der Waals surface area contributed by atoms with Gasteiger partial charge in [0.15, 0.2) is 5.17 Å². The average Bonchev–Trinajstić information content (AvgIpc) is 3.08. The van der Waals surface area contributed by atoms with E-state index in [2.05, 4.69) is 36.2 Å². The van der Waals surface area contributed by atoms with E-state index in [1.807, 2.05) is 23.9 Å². The molecule has 6 rings (SSSR count). The number of benzene rings is 1. The number of hydrogen-bond donors (Lipinski definition) is 1. The highest BCUT2D eigenvalue weighted by molar-refractivity contribution is 8.14. The third-order valence-corrected chi connectivity index (χ3v) is 9.10. The Morgan fingerprint density at radius 2 is 1.72 bits per heavy atom. The second-order valence-electron chi connectivity index (χ2n) is 10.5. The molecule has 4 nitrogen and oxygen atoms in total. The lowest BCUT2D eigenvalue weighted by atomic mass is 9.53. The largest absolute Gasteiger partial charge is 0.347 e. The van der Waals surface area contributed by atoms with Crippen LogP contribution in [0.4, 0.5) is 5.69 Å². The molecule has 1 aliphatic heterocycles. The summed E-state index contributed by atoms with van der Waals surface area (Å²) in [5.74, 6) is 3.85. The molecule has 1 aromatic carbocycles. The van der Waals surface area contributed by atoms with E-state index in [1.54, 1.807) is 0 Å². The minimum Gasteiger partial charge on any atom is -0.347 e. The van der Waals surface area contributed by atoms with E-state index in [0.29, 0.717) is 6.42 Å². The summed E-state index contributed by atoms with van der Waals surface area (Å²) in [6, 6.07) is 8.49. The van der Waals surface area contributed by atoms with Gasteiger partial charge in [-0.15, -0.1) is 12.4 Å². The highest BCUT2D eigenvalue weighted by atomic mass is 35.5. The fraction of sp³-hybridized carbons (Fsp3) is 0.692. The highest BCUT2D eigenvalue weighted by Gasteiger charge is 2.51. The Bertz CT molecular complexity index is 805. The van der Waals surface area contributed by atoms with E-state index in [9.17, 15) is 4.79 Å². The van der Waals surface area contributed by atoms with Crippen molar-refractivity contribution in [1.29, 1.82) is 0 Å². The fourth-order valence-corrected chi connectivity index (χ4v) is 8.24. The molecule has 1 unspecified atom stereocenters. The van der Waals surface area contributed by atoms with Gasteiger partial charge in [0, 0.05) is 30.4 Å². The van der Waals surface area contributed by atoms with E-state index in [0.717, 1.165) is 48.6 Å². The number of amides is 1. The summed E-state index contributed by atoms with van der Waals surface area (Å²) in [6.07, 6.45) is 10.9. The topological polar surface area (TPSA) is 44.7 Å². The zero-order valence-electron chi connectivity index (χ0n) is 19.5. The zero-order chi connectivity index (χ0) is 21.4. The molecule has 0 aromatic heterocycles. The third kappa shape index (κ3) is 4.99. The fourth-order valence-electron chi connectivity index (χ4n) is 6.94. The van der Waals surface area contributed by atoms with E-state index >= 15 is 0 Å². The van der Waals surface area contributed by atoms with Crippen molar-refractivity contribution in [2.45, 2.75) is 83.2 Å². The van der Waals surface area contributed by atoms with Gasteiger partial charge in [0.25, 0.3) is 0 Å². The predicted molar refractivity (Wildman–Crippen MR) is 138 cm³/mol. The Hall–Kier alpha value is -1.20. The number of nitrogens with one attached hydrogen (secondary N) is 1. The number of aliphatic imine (C=N–C) groups is 1. The number of rotatable bonds is 7. The number of carbonyl (C=O) groups is 1. The third-order valence-electron chi connectivity index (χ3n) is 7.96. The average molecular weight is 476 g/mol. The van der Waals surface area contributed by atoms with Gasteiger partial charge < -0.3 is 10.2 Å². The van der Waals surface area contributed by atoms with E-state index in [4.69, 9.17) is 4.99 Å². The van der Waals surface area contributed by atoms with E-state index < -0.39 is 0 Å². The van der Waals surface area contributed by atoms with Crippen LogP contribution in [0.5, 0.6) is 0 Å². The van der Waals surface area contributed by atoms with Crippen LogP contribution in [0.3, 0.4) is 0 Å². The maximum Gasteiger partial charge on any atom is 0.226 e. The van der Waals surface area contributed by atoms with Gasteiger partial charge in [-0.2, -0.15) is 0 Å². The van der Waals surface area contributed by atoms with Crippen molar-refractivity contribution in [3.63, 3.8) is 0 Å². The summed E-state index contributed by atoms with van der Waals surface area (Å²) >= 11 is 1.90. The molecule has 6 heteroatoms. The molecule has 0 radical (unpaired) electrons. The van der Waals surface area contributed by atoms with Gasteiger partial charge in [0.05, 0.1) is 5.54 Å². The lowest BCUT2D eigenvalue weighted by molar-refractivity contribution is -0.116. The molecule has 4 saturated carbocycles. The van der Waals surface area contributed by atoms with Crippen molar-refractivity contribution in [3.8, 4) is 0 Å². The predicted octanol–water partition coefficient (Wildman–Crippen LogP) is 6.15. The Labute approximate surface area is 203 Å². The van der Waals surface area contributed by atoms with Crippen LogP contribution < -0.4 is 5.32 Å². The monoisotopic (exact) mass is 475 g/mol. The zero-order valence-corrected chi connectivity index (χ0v) is 21.1. The number of nitrogens with zero attached hydrogens (tertiary/aromatic N) is 2. The molecule has 1 N–H and O–H groups in total. The normalized spacial score (nSPS) is 34.1. The lowest BCUT2D eigenvalue weighted by Gasteiger charge is -2.55. The van der Waals surface area contributed by atoms with Crippen LogP contribution in [-0.4, -0.2) is 39.9 Å². The summed E-state index contributed by atoms with van der Waals surface area (Å²) in [5, 5.41) is 4.34. The second-order valence-corrected chi connectivity index (χ2v) is 11.5. The Morgan fingerprint density at radius 3 is 2.28 bits per heavy atom. The molecule has 5 aliphatic rings. The first-order chi connectivity index (χ1) is 15.1. The summed E-state index contributed by atoms with van der Waals surface area (Å²) in [4.78, 5) is 20.8. The van der Waals surface area contributed by atoms with Gasteiger partial charge in [-0.25, -0.2) is 0 Å². The number of halogens is 1. The summed E-state index contributed by atoms with van der Waals surface area (Å²) in [5.41, 5.74) is 2.41. The molecule has 1 saturated heterocycles. The molecule has 1 amide bonds. The molecule has 176 valence electrons. The summed E-state index contributed by atoms with van der Waals surface area (Å²) in [7, 11) is 0. The SMILES string of the molecule is CCCN1C(=NC23CC4CC(CC(C4)C2)C3)SCC1CC(=O)Nc1ccc(CC)cc1.Cl. The maximum absolute atomic E-state index is 12.8. The number of anilines is 1. The van der Waals surface area contributed by atoms with Crippen molar-refractivity contribution in [1.82, 2.24) is 4.90 Å². The molecule has 4 aliphatic carbocycles. The molecule has 1 aromatic rings. The first kappa shape index (κ1) is 23.9. The number of carbonyl (C=O) groups excluding carboxylic acids is 1. The Morgan fingerprint density at radius 1 is 1.09 bits per heavy atom. The van der Waals surface area contributed by atoms with Crippen LogP contribution in [0.25, 0.3) is 0 Å². The summed E-state index contributed by atoms with van der Waals surface area (Å²) < 4.78 is 0. The molecular formula is C26H38ClN3OS. The standard InChI is InChI=1S/C26H37N3OS.ClH/c1-3-9-29-23(13-24(30)27-22-7-5-18(4-2)6-8-22)17-31-25(29)28-26-14-19-10-20(15-26)12-21(11-19)16-26;/h5-8,19-21,23H,3-4,9-17H2,1-2H3,(H,27,30);1H. The van der Waals surface area contributed by atoms with Crippen molar-refractivity contribution in [2.24, 2.45) is 22.7 Å². The minimum atomic E-state index is 0. The number of amidine groups is 1. The Balaban J connectivity index is 0.00000245.